The lowest BCUT2D eigenvalue weighted by molar-refractivity contribution is 0.311. The van der Waals surface area contributed by atoms with Gasteiger partial charge in [0.25, 0.3) is 0 Å². The predicted molar refractivity (Wildman–Crippen MR) is 33.6 cm³/mol. The number of hydrogen-bond donors (Lipinski definition) is 1. The monoisotopic (exact) mass is 134 g/mol. The standard InChI is InChI=1S/C4H10N2OS/c5-6-1-3-8(7)4-2-6/h1-5H2. The fraction of sp³-hybridized carbons (Fsp3) is 1.00. The van der Waals surface area contributed by atoms with E-state index in [1.807, 2.05) is 0 Å². The fourth-order valence-corrected chi connectivity index (χ4v) is 1.73. The first-order valence-corrected chi connectivity index (χ1v) is 4.12. The second-order valence-electron chi connectivity index (χ2n) is 1.88. The van der Waals surface area contributed by atoms with Crippen molar-refractivity contribution >= 4 is 10.8 Å². The van der Waals surface area contributed by atoms with Gasteiger partial charge in [-0.25, -0.2) is 5.01 Å². The summed E-state index contributed by atoms with van der Waals surface area (Å²) in [5.74, 6) is 6.89. The number of hydrazine groups is 1. The third kappa shape index (κ3) is 1.54. The number of hydrogen-bond acceptors (Lipinski definition) is 3. The summed E-state index contributed by atoms with van der Waals surface area (Å²) in [5, 5.41) is 1.71. The molecule has 1 heterocycles. The van der Waals surface area contributed by atoms with Crippen LogP contribution in [-0.2, 0) is 10.8 Å². The van der Waals surface area contributed by atoms with Crippen LogP contribution in [0.1, 0.15) is 0 Å². The first-order valence-electron chi connectivity index (χ1n) is 2.63. The molecule has 0 aromatic heterocycles. The van der Waals surface area contributed by atoms with Gasteiger partial charge in [0.1, 0.15) is 0 Å². The van der Waals surface area contributed by atoms with Crippen molar-refractivity contribution in [1.29, 1.82) is 0 Å². The molecule has 0 spiro atoms. The first kappa shape index (κ1) is 6.19. The summed E-state index contributed by atoms with van der Waals surface area (Å²) in [7, 11) is -0.583. The molecule has 0 saturated carbocycles. The molecule has 1 aliphatic heterocycles. The molecule has 0 atom stereocenters. The van der Waals surface area contributed by atoms with E-state index in [2.05, 4.69) is 0 Å². The van der Waals surface area contributed by atoms with Crippen molar-refractivity contribution < 1.29 is 4.21 Å². The fourth-order valence-electron chi connectivity index (χ4n) is 0.652. The van der Waals surface area contributed by atoms with E-state index in [1.54, 1.807) is 5.01 Å². The van der Waals surface area contributed by atoms with Crippen molar-refractivity contribution in [2.75, 3.05) is 24.6 Å². The average Bonchev–Trinajstić information content (AvgIpc) is 1.77. The zero-order valence-electron chi connectivity index (χ0n) is 4.67. The van der Waals surface area contributed by atoms with E-state index >= 15 is 0 Å². The maximum absolute atomic E-state index is 10.6. The molecule has 0 aliphatic carbocycles. The van der Waals surface area contributed by atoms with Gasteiger partial charge in [-0.2, -0.15) is 0 Å². The van der Waals surface area contributed by atoms with Crippen LogP contribution in [0.2, 0.25) is 0 Å². The van der Waals surface area contributed by atoms with Crippen molar-refractivity contribution in [1.82, 2.24) is 5.01 Å². The largest absolute Gasteiger partial charge is 0.269 e. The molecule has 0 aromatic carbocycles. The van der Waals surface area contributed by atoms with E-state index in [0.29, 0.717) is 0 Å². The van der Waals surface area contributed by atoms with Gasteiger partial charge >= 0.3 is 0 Å². The van der Waals surface area contributed by atoms with E-state index in [1.165, 1.54) is 0 Å². The molecule has 1 aliphatic rings. The summed E-state index contributed by atoms with van der Waals surface area (Å²) in [4.78, 5) is 0. The van der Waals surface area contributed by atoms with Crippen LogP contribution in [0, 0.1) is 0 Å². The molecule has 0 radical (unpaired) electrons. The van der Waals surface area contributed by atoms with Gasteiger partial charge in [-0.05, 0) is 0 Å². The van der Waals surface area contributed by atoms with Crippen LogP contribution in [0.25, 0.3) is 0 Å². The zero-order chi connectivity index (χ0) is 5.98. The van der Waals surface area contributed by atoms with Crippen LogP contribution in [0.15, 0.2) is 0 Å². The van der Waals surface area contributed by atoms with E-state index in [-0.39, 0.29) is 0 Å². The van der Waals surface area contributed by atoms with Gasteiger partial charge in [0.15, 0.2) is 0 Å². The van der Waals surface area contributed by atoms with E-state index < -0.39 is 10.8 Å². The van der Waals surface area contributed by atoms with Crippen molar-refractivity contribution in [3.8, 4) is 0 Å². The smallest absolute Gasteiger partial charge is 0.0377 e. The molecule has 48 valence electrons. The van der Waals surface area contributed by atoms with Gasteiger partial charge in [0.2, 0.25) is 0 Å². The minimum atomic E-state index is -0.583. The first-order chi connectivity index (χ1) is 3.79. The van der Waals surface area contributed by atoms with Crippen LogP contribution in [-0.4, -0.2) is 33.8 Å². The van der Waals surface area contributed by atoms with Crippen molar-refractivity contribution in [2.24, 2.45) is 5.84 Å². The van der Waals surface area contributed by atoms with Gasteiger partial charge in [-0.15, -0.1) is 0 Å². The highest BCUT2D eigenvalue weighted by Gasteiger charge is 2.10. The lowest BCUT2D eigenvalue weighted by Gasteiger charge is -2.19. The number of nitrogens with two attached hydrogens (primary N) is 1. The minimum absolute atomic E-state index is 0.583. The van der Waals surface area contributed by atoms with Crippen LogP contribution < -0.4 is 5.84 Å². The predicted octanol–water partition coefficient (Wildman–Crippen LogP) is -1.08. The molecular weight excluding hydrogens is 124 g/mol. The summed E-state index contributed by atoms with van der Waals surface area (Å²) in [6.45, 7) is 1.57. The van der Waals surface area contributed by atoms with E-state index in [0.717, 1.165) is 24.6 Å². The molecule has 1 rings (SSSR count). The third-order valence-electron chi connectivity index (χ3n) is 1.21. The summed E-state index contributed by atoms with van der Waals surface area (Å²) >= 11 is 0. The SMILES string of the molecule is NN1CCS(=O)CC1. The molecular formula is C4H10N2OS. The Bertz CT molecular complexity index is 96.2. The second kappa shape index (κ2) is 2.57. The van der Waals surface area contributed by atoms with Crippen LogP contribution in [0.4, 0.5) is 0 Å². The van der Waals surface area contributed by atoms with Gasteiger partial charge in [0.05, 0.1) is 0 Å². The van der Waals surface area contributed by atoms with Crippen molar-refractivity contribution in [3.63, 3.8) is 0 Å². The average molecular weight is 134 g/mol. The Morgan fingerprint density at radius 2 is 1.88 bits per heavy atom. The zero-order valence-corrected chi connectivity index (χ0v) is 5.49. The van der Waals surface area contributed by atoms with E-state index in [9.17, 15) is 4.21 Å². The summed E-state index contributed by atoms with van der Waals surface area (Å²) in [5.41, 5.74) is 0. The lowest BCUT2D eigenvalue weighted by atomic mass is 10.6. The Hall–Kier alpha value is 0.0700. The normalized spacial score (nSPS) is 26.1. The maximum atomic E-state index is 10.6. The maximum Gasteiger partial charge on any atom is 0.0377 e. The van der Waals surface area contributed by atoms with Crippen LogP contribution >= 0.6 is 0 Å². The van der Waals surface area contributed by atoms with E-state index in [4.69, 9.17) is 5.84 Å². The molecule has 2 N–H and O–H groups in total. The minimum Gasteiger partial charge on any atom is -0.269 e. The Labute approximate surface area is 51.3 Å². The molecule has 1 fully saturated rings. The van der Waals surface area contributed by atoms with Gasteiger partial charge in [-0.3, -0.25) is 10.1 Å². The Kier molecular flexibility index (Phi) is 1.99. The molecule has 0 aromatic rings. The quantitative estimate of drug-likeness (QED) is 0.429. The summed E-state index contributed by atoms with van der Waals surface area (Å²) < 4.78 is 10.6. The molecule has 0 amide bonds. The molecule has 1 saturated heterocycles. The Morgan fingerprint density at radius 1 is 1.38 bits per heavy atom. The Balaban J connectivity index is 2.29. The second-order valence-corrected chi connectivity index (χ2v) is 3.58. The third-order valence-corrected chi connectivity index (χ3v) is 2.49. The van der Waals surface area contributed by atoms with Crippen molar-refractivity contribution in [3.05, 3.63) is 0 Å². The highest BCUT2D eigenvalue weighted by molar-refractivity contribution is 7.85. The van der Waals surface area contributed by atoms with Crippen LogP contribution in [0.3, 0.4) is 0 Å². The summed E-state index contributed by atoms with van der Waals surface area (Å²) in [6.07, 6.45) is 0. The highest BCUT2D eigenvalue weighted by Crippen LogP contribution is 1.92. The number of nitrogens with zero attached hydrogens (tertiary/aromatic N) is 1. The van der Waals surface area contributed by atoms with Crippen LogP contribution in [0.5, 0.6) is 0 Å². The number of rotatable bonds is 0. The topological polar surface area (TPSA) is 46.3 Å². The highest BCUT2D eigenvalue weighted by atomic mass is 32.2. The van der Waals surface area contributed by atoms with Gasteiger partial charge in [-0.1, -0.05) is 0 Å². The van der Waals surface area contributed by atoms with Gasteiger partial charge < -0.3 is 0 Å². The molecule has 0 bridgehead atoms. The molecule has 4 heteroatoms. The Morgan fingerprint density at radius 3 is 2.25 bits per heavy atom. The van der Waals surface area contributed by atoms with Crippen molar-refractivity contribution in [2.45, 2.75) is 0 Å². The molecule has 3 nitrogen and oxygen atoms in total. The summed E-state index contributed by atoms with van der Waals surface area (Å²) in [6, 6.07) is 0. The lowest BCUT2D eigenvalue weighted by Crippen LogP contribution is -2.42. The van der Waals surface area contributed by atoms with Gasteiger partial charge in [0, 0.05) is 35.4 Å². The molecule has 8 heavy (non-hydrogen) atoms. The molecule has 0 unspecified atom stereocenters.